The lowest BCUT2D eigenvalue weighted by Crippen LogP contribution is -2.38. The van der Waals surface area contributed by atoms with Crippen LogP contribution in [0.1, 0.15) is 20.3 Å². The molecule has 1 rings (SSSR count). The molecule has 0 aliphatic rings. The molecule has 0 heterocycles. The van der Waals surface area contributed by atoms with Crippen LogP contribution in [0.3, 0.4) is 0 Å². The lowest BCUT2D eigenvalue weighted by atomic mass is 10.0. The van der Waals surface area contributed by atoms with Gasteiger partial charge in [0.15, 0.2) is 21.5 Å². The maximum atomic E-state index is 13.1. The van der Waals surface area contributed by atoms with Gasteiger partial charge in [0.25, 0.3) is 0 Å². The molecule has 0 amide bonds. The van der Waals surface area contributed by atoms with Gasteiger partial charge in [-0.2, -0.15) is 0 Å². The molecule has 2 atom stereocenters. The van der Waals surface area contributed by atoms with Crippen LogP contribution in [-0.4, -0.2) is 27.3 Å². The zero-order valence-corrected chi connectivity index (χ0v) is 12.1. The molecule has 19 heavy (non-hydrogen) atoms. The van der Waals surface area contributed by atoms with Crippen molar-refractivity contribution < 1.29 is 17.2 Å². The monoisotopic (exact) mass is 291 g/mol. The predicted octanol–water partition coefficient (Wildman–Crippen LogP) is 2.37. The molecule has 0 radical (unpaired) electrons. The zero-order valence-electron chi connectivity index (χ0n) is 11.3. The summed E-state index contributed by atoms with van der Waals surface area (Å²) >= 11 is 0. The van der Waals surface area contributed by atoms with Crippen molar-refractivity contribution in [3.63, 3.8) is 0 Å². The minimum Gasteiger partial charge on any atom is -0.316 e. The Morgan fingerprint density at radius 3 is 2.37 bits per heavy atom. The quantitative estimate of drug-likeness (QED) is 0.819. The fraction of sp³-hybridized carbons (Fsp3) is 0.538. The van der Waals surface area contributed by atoms with Gasteiger partial charge in [-0.15, -0.1) is 0 Å². The Morgan fingerprint density at radius 2 is 1.89 bits per heavy atom. The summed E-state index contributed by atoms with van der Waals surface area (Å²) in [6, 6.07) is 2.44. The van der Waals surface area contributed by atoms with E-state index in [-0.39, 0.29) is 22.6 Å². The van der Waals surface area contributed by atoms with Crippen LogP contribution in [0.25, 0.3) is 0 Å². The highest BCUT2D eigenvalue weighted by molar-refractivity contribution is 7.91. The van der Waals surface area contributed by atoms with E-state index in [9.17, 15) is 17.2 Å². The maximum Gasteiger partial charge on any atom is 0.180 e. The number of hydrogen-bond donors (Lipinski definition) is 1. The highest BCUT2D eigenvalue weighted by Gasteiger charge is 2.24. The molecule has 0 spiro atoms. The van der Waals surface area contributed by atoms with Crippen LogP contribution in [0.15, 0.2) is 23.1 Å². The van der Waals surface area contributed by atoms with E-state index in [2.05, 4.69) is 5.32 Å². The van der Waals surface area contributed by atoms with Crippen molar-refractivity contribution in [2.75, 3.05) is 12.8 Å². The molecule has 0 aliphatic heterocycles. The molecule has 1 aromatic rings. The predicted molar refractivity (Wildman–Crippen MR) is 70.7 cm³/mol. The number of hydrogen-bond acceptors (Lipinski definition) is 3. The summed E-state index contributed by atoms with van der Waals surface area (Å²) < 4.78 is 50.2. The largest absolute Gasteiger partial charge is 0.316 e. The number of nitrogens with one attached hydrogen (secondary N) is 1. The van der Waals surface area contributed by atoms with E-state index >= 15 is 0 Å². The fourth-order valence-electron chi connectivity index (χ4n) is 1.82. The molecule has 0 saturated carbocycles. The van der Waals surface area contributed by atoms with Crippen molar-refractivity contribution in [2.45, 2.75) is 31.2 Å². The zero-order chi connectivity index (χ0) is 14.6. The minimum absolute atomic E-state index is 0.135. The Labute approximate surface area is 112 Å². The van der Waals surface area contributed by atoms with Crippen LogP contribution >= 0.6 is 0 Å². The van der Waals surface area contributed by atoms with Gasteiger partial charge in [-0.3, -0.25) is 0 Å². The number of halogens is 2. The van der Waals surface area contributed by atoms with E-state index in [0.29, 0.717) is 0 Å². The van der Waals surface area contributed by atoms with Crippen LogP contribution in [0.4, 0.5) is 8.78 Å². The molecule has 6 heteroatoms. The van der Waals surface area contributed by atoms with Gasteiger partial charge in [0.1, 0.15) is 0 Å². The molecule has 108 valence electrons. The molecule has 0 fully saturated rings. The first-order chi connectivity index (χ1) is 8.81. The molecule has 3 nitrogen and oxygen atoms in total. The summed E-state index contributed by atoms with van der Waals surface area (Å²) in [5, 5.41) is 2.96. The molecular weight excluding hydrogens is 272 g/mol. The Kier molecular flexibility index (Phi) is 5.43. The minimum atomic E-state index is -3.64. The Morgan fingerprint density at radius 1 is 1.26 bits per heavy atom. The Hall–Kier alpha value is -1.01. The summed E-state index contributed by atoms with van der Waals surface area (Å²) in [5.74, 6) is -2.16. The van der Waals surface area contributed by atoms with Crippen molar-refractivity contribution in [1.82, 2.24) is 5.32 Å². The maximum absolute atomic E-state index is 13.1. The molecule has 1 N–H and O–H groups in total. The highest BCUT2D eigenvalue weighted by atomic mass is 32.2. The summed E-state index contributed by atoms with van der Waals surface area (Å²) in [4.78, 5) is -0.185. The number of sulfone groups is 1. The fourth-order valence-corrected chi connectivity index (χ4v) is 3.54. The van der Waals surface area contributed by atoms with Gasteiger partial charge in [-0.05, 0) is 31.2 Å². The third-order valence-corrected chi connectivity index (χ3v) is 5.12. The van der Waals surface area contributed by atoms with E-state index in [1.54, 1.807) is 7.05 Å². The van der Waals surface area contributed by atoms with Crippen LogP contribution in [-0.2, 0) is 9.84 Å². The summed E-state index contributed by atoms with van der Waals surface area (Å²) in [6.07, 6.45) is 0.832. The molecule has 0 bridgehead atoms. The average Bonchev–Trinajstić information content (AvgIpc) is 2.38. The van der Waals surface area contributed by atoms with E-state index in [0.717, 1.165) is 24.6 Å². The third-order valence-electron chi connectivity index (χ3n) is 3.35. The molecular formula is C13H19F2NO2S. The average molecular weight is 291 g/mol. The highest BCUT2D eigenvalue weighted by Crippen LogP contribution is 2.18. The van der Waals surface area contributed by atoms with Crippen molar-refractivity contribution >= 4 is 9.84 Å². The van der Waals surface area contributed by atoms with E-state index in [1.807, 2.05) is 13.8 Å². The standard InChI is InChI=1S/C13H19F2NO2S/c1-4-9(2)13(16-3)8-19(17,18)10-5-6-11(14)12(15)7-10/h5-7,9,13,16H,4,8H2,1-3H3. The van der Waals surface area contributed by atoms with Gasteiger partial charge in [0, 0.05) is 6.04 Å². The van der Waals surface area contributed by atoms with Crippen molar-refractivity contribution in [3.8, 4) is 0 Å². The Bertz CT molecular complexity index is 531. The van der Waals surface area contributed by atoms with Crippen LogP contribution < -0.4 is 5.32 Å². The van der Waals surface area contributed by atoms with Crippen molar-refractivity contribution in [2.24, 2.45) is 5.92 Å². The van der Waals surface area contributed by atoms with Crippen LogP contribution in [0, 0.1) is 17.6 Å². The SMILES string of the molecule is CCC(C)C(CS(=O)(=O)c1ccc(F)c(F)c1)NC. The van der Waals surface area contributed by atoms with Crippen LogP contribution in [0.2, 0.25) is 0 Å². The normalized spacial score (nSPS) is 15.2. The van der Waals surface area contributed by atoms with Gasteiger partial charge in [0.2, 0.25) is 0 Å². The van der Waals surface area contributed by atoms with Gasteiger partial charge in [0.05, 0.1) is 10.6 Å². The Balaban J connectivity index is 3.00. The molecule has 0 aromatic heterocycles. The first kappa shape index (κ1) is 16.0. The van der Waals surface area contributed by atoms with Crippen LogP contribution in [0.5, 0.6) is 0 Å². The second-order valence-corrected chi connectivity index (χ2v) is 6.67. The topological polar surface area (TPSA) is 46.2 Å². The van der Waals surface area contributed by atoms with E-state index < -0.39 is 21.5 Å². The third kappa shape index (κ3) is 3.98. The molecule has 2 unspecified atom stereocenters. The van der Waals surface area contributed by atoms with Crippen molar-refractivity contribution in [1.29, 1.82) is 0 Å². The van der Waals surface area contributed by atoms with Gasteiger partial charge in [-0.25, -0.2) is 17.2 Å². The molecule has 0 saturated heterocycles. The lowest BCUT2D eigenvalue weighted by Gasteiger charge is -2.22. The van der Waals surface area contributed by atoms with Gasteiger partial charge < -0.3 is 5.32 Å². The summed E-state index contributed by atoms with van der Waals surface area (Å²) in [5.41, 5.74) is 0. The smallest absolute Gasteiger partial charge is 0.180 e. The van der Waals surface area contributed by atoms with E-state index in [4.69, 9.17) is 0 Å². The van der Waals surface area contributed by atoms with Gasteiger partial charge >= 0.3 is 0 Å². The summed E-state index contributed by atoms with van der Waals surface area (Å²) in [6.45, 7) is 3.92. The second-order valence-electron chi connectivity index (χ2n) is 4.64. The molecule has 1 aromatic carbocycles. The number of rotatable bonds is 6. The van der Waals surface area contributed by atoms with Crippen molar-refractivity contribution in [3.05, 3.63) is 29.8 Å². The van der Waals surface area contributed by atoms with Gasteiger partial charge in [-0.1, -0.05) is 20.3 Å². The summed E-state index contributed by atoms with van der Waals surface area (Å²) in [7, 11) is -1.94. The second kappa shape index (κ2) is 6.43. The lowest BCUT2D eigenvalue weighted by molar-refractivity contribution is 0.413. The first-order valence-corrected chi connectivity index (χ1v) is 7.82. The first-order valence-electron chi connectivity index (χ1n) is 6.17. The molecule has 0 aliphatic carbocycles. The number of benzene rings is 1. The van der Waals surface area contributed by atoms with E-state index in [1.165, 1.54) is 0 Å².